The molecule has 5 aromatic rings. The van der Waals surface area contributed by atoms with Crippen LogP contribution in [0.4, 0.5) is 5.69 Å². The Morgan fingerprint density at radius 2 is 1.91 bits per heavy atom. The highest BCUT2D eigenvalue weighted by Crippen LogP contribution is 2.39. The van der Waals surface area contributed by atoms with Crippen molar-refractivity contribution >= 4 is 46.1 Å². The van der Waals surface area contributed by atoms with Crippen molar-refractivity contribution < 1.29 is 23.5 Å². The van der Waals surface area contributed by atoms with Crippen LogP contribution in [0.15, 0.2) is 70.9 Å². The maximum Gasteiger partial charge on any atom is 0.274 e. The summed E-state index contributed by atoms with van der Waals surface area (Å²) >= 11 is 6.98. The van der Waals surface area contributed by atoms with E-state index in [0.717, 1.165) is 47.3 Å². The van der Waals surface area contributed by atoms with Crippen LogP contribution in [0.1, 0.15) is 52.5 Å². The van der Waals surface area contributed by atoms with Crippen LogP contribution in [0.2, 0.25) is 5.02 Å². The lowest BCUT2D eigenvalue weighted by Gasteiger charge is -2.39. The Morgan fingerprint density at radius 3 is 2.65 bits per heavy atom. The number of methoxy groups -OCH3 is 1. The maximum absolute atomic E-state index is 13.4. The largest absolute Gasteiger partial charge is 0.496 e. The molecule has 2 saturated heterocycles. The molecule has 0 radical (unpaired) electrons. The van der Waals surface area contributed by atoms with E-state index in [-0.39, 0.29) is 23.7 Å². The number of fused-ring (bicyclic) bond motifs is 1. The van der Waals surface area contributed by atoms with Crippen LogP contribution in [-0.4, -0.2) is 71.5 Å². The molecule has 4 heterocycles. The number of halogens is 1. The maximum atomic E-state index is 13.4. The molecule has 7 rings (SSSR count). The molecule has 2 aliphatic rings. The van der Waals surface area contributed by atoms with Crippen molar-refractivity contribution in [1.29, 1.82) is 5.26 Å². The van der Waals surface area contributed by atoms with Crippen LogP contribution in [0.25, 0.3) is 33.7 Å². The number of nitriles is 1. The van der Waals surface area contributed by atoms with Crippen LogP contribution < -0.4 is 26.0 Å². The average molecular weight is 759 g/mol. The molecule has 280 valence electrons. The minimum atomic E-state index is -0.452. The lowest BCUT2D eigenvalue weighted by Crippen LogP contribution is -2.58. The van der Waals surface area contributed by atoms with Gasteiger partial charge in [-0.05, 0) is 54.3 Å². The van der Waals surface area contributed by atoms with Crippen LogP contribution >= 0.6 is 11.6 Å². The first kappa shape index (κ1) is 37.3. The molecular formula is C41H39ClN8O5. The zero-order valence-corrected chi connectivity index (χ0v) is 31.3. The summed E-state index contributed by atoms with van der Waals surface area (Å²) in [6.07, 6.45) is 3.16. The number of allylic oxidation sites excluding steroid dienone is 1. The van der Waals surface area contributed by atoms with Crippen molar-refractivity contribution in [1.82, 2.24) is 30.8 Å². The van der Waals surface area contributed by atoms with E-state index in [9.17, 15) is 19.6 Å². The van der Waals surface area contributed by atoms with Gasteiger partial charge < -0.3 is 30.4 Å². The Bertz CT molecular complexity index is 2390. The number of nitrogens with one attached hydrogen (secondary N) is 4. The molecule has 2 aromatic heterocycles. The topological polar surface area (TPSA) is 175 Å². The number of anilines is 1. The third-order valence-electron chi connectivity index (χ3n) is 9.89. The summed E-state index contributed by atoms with van der Waals surface area (Å²) in [4.78, 5) is 47.1. The fraction of sp³-hybridized carbons (Fsp3) is 0.293. The highest BCUT2D eigenvalue weighted by atomic mass is 35.5. The van der Waals surface area contributed by atoms with Crippen LogP contribution in [0.5, 0.6) is 5.75 Å². The third kappa shape index (κ3) is 8.09. The number of likely N-dealkylation sites (tertiary alicyclic amines) is 1. The van der Waals surface area contributed by atoms with E-state index in [0.29, 0.717) is 76.3 Å². The summed E-state index contributed by atoms with van der Waals surface area (Å²) in [6, 6.07) is 19.0. The summed E-state index contributed by atoms with van der Waals surface area (Å²) < 4.78 is 11.8. The van der Waals surface area contributed by atoms with Gasteiger partial charge in [0, 0.05) is 81.1 Å². The van der Waals surface area contributed by atoms with Crippen molar-refractivity contribution in [3.8, 4) is 34.4 Å². The molecule has 2 fully saturated rings. The van der Waals surface area contributed by atoms with Gasteiger partial charge in [-0.15, -0.1) is 0 Å². The minimum Gasteiger partial charge on any atom is -0.496 e. The normalized spacial score (nSPS) is 15.5. The molecule has 4 N–H and O–H groups in total. The predicted molar refractivity (Wildman–Crippen MR) is 208 cm³/mol. The lowest BCUT2D eigenvalue weighted by atomic mass is 9.96. The van der Waals surface area contributed by atoms with E-state index >= 15 is 0 Å². The second kappa shape index (κ2) is 16.1. The fourth-order valence-corrected chi connectivity index (χ4v) is 7.41. The van der Waals surface area contributed by atoms with E-state index in [4.69, 9.17) is 25.7 Å². The van der Waals surface area contributed by atoms with E-state index in [1.54, 1.807) is 18.3 Å². The Morgan fingerprint density at radius 1 is 1.13 bits per heavy atom. The van der Waals surface area contributed by atoms with E-state index < -0.39 is 5.91 Å². The number of hydrogen-bond donors (Lipinski definition) is 4. The molecule has 0 saturated carbocycles. The molecule has 0 unspecified atom stereocenters. The molecule has 55 heavy (non-hydrogen) atoms. The number of carbonyl (C=O) groups is 2. The third-order valence-corrected chi connectivity index (χ3v) is 10.3. The number of amides is 2. The van der Waals surface area contributed by atoms with Crippen molar-refractivity contribution in [2.45, 2.75) is 51.9 Å². The van der Waals surface area contributed by atoms with Gasteiger partial charge in [-0.3, -0.25) is 19.5 Å². The summed E-state index contributed by atoms with van der Waals surface area (Å²) in [5, 5.41) is 22.7. The molecule has 0 aliphatic carbocycles. The van der Waals surface area contributed by atoms with Gasteiger partial charge in [-0.1, -0.05) is 35.9 Å². The van der Waals surface area contributed by atoms with Gasteiger partial charge in [0.15, 0.2) is 5.58 Å². The molecule has 3 aromatic carbocycles. The molecule has 14 heteroatoms. The van der Waals surface area contributed by atoms with Crippen LogP contribution in [-0.2, 0) is 22.7 Å². The van der Waals surface area contributed by atoms with Gasteiger partial charge >= 0.3 is 0 Å². The number of aromatic nitrogens is 2. The summed E-state index contributed by atoms with van der Waals surface area (Å²) in [5.74, 6) is 2.32. The van der Waals surface area contributed by atoms with Gasteiger partial charge in [-0.25, -0.2) is 9.78 Å². The summed E-state index contributed by atoms with van der Waals surface area (Å²) in [5.41, 5.74) is 7.37. The number of rotatable bonds is 12. The number of oxazole rings is 1. The van der Waals surface area contributed by atoms with E-state index in [1.165, 1.54) is 14.0 Å². The number of ether oxygens (including phenoxy) is 1. The SMILES string of the molecule is COc1cc(C(=O)Nc2cccc(-c3cccc(-c4nc5cc(CN6CC(NC(C)=O)C6)cc(C#N)c5o4)c3C)c2Cl)ncc1CNC[C@H]1CCC(=C=O)N1. The molecule has 2 amide bonds. The molecule has 13 nitrogen and oxygen atoms in total. The van der Waals surface area contributed by atoms with Crippen molar-refractivity contribution in [3.63, 3.8) is 0 Å². The highest BCUT2D eigenvalue weighted by molar-refractivity contribution is 6.36. The quantitative estimate of drug-likeness (QED) is 0.118. The molecule has 1 atom stereocenters. The Kier molecular flexibility index (Phi) is 10.9. The van der Waals surface area contributed by atoms with Gasteiger partial charge in [0.1, 0.15) is 29.0 Å². The molecule has 0 bridgehead atoms. The number of carbonyl (C=O) groups excluding carboxylic acids is 3. The standard InChI is InChI=1S/C41H39ClN8O5/c1-23-31(6-4-7-32(23)41-49-35-13-25(12-26(15-43)39(35)55-41)19-50-20-30(21-50)46-24(2)52)33-8-5-9-34(38(33)42)48-40(53)36-14-37(54-3)27(17-45-36)16-44-18-28-10-11-29(22-51)47-28/h4-9,12-14,17,28,30,44,47H,10-11,16,18-21H2,1-3H3,(H,46,52)(H,48,53)/t28-/m1/s1. The number of hydrogen-bond acceptors (Lipinski definition) is 11. The first-order chi connectivity index (χ1) is 26.6. The summed E-state index contributed by atoms with van der Waals surface area (Å²) in [7, 11) is 1.54. The minimum absolute atomic E-state index is 0.0429. The predicted octanol–water partition coefficient (Wildman–Crippen LogP) is 5.53. The second-order valence-electron chi connectivity index (χ2n) is 13.8. The zero-order valence-electron chi connectivity index (χ0n) is 30.6. The van der Waals surface area contributed by atoms with Crippen LogP contribution in [0, 0.1) is 18.3 Å². The average Bonchev–Trinajstić information content (AvgIpc) is 3.82. The molecule has 2 aliphatic heterocycles. The Labute approximate surface area is 322 Å². The van der Waals surface area contributed by atoms with E-state index in [1.807, 2.05) is 55.3 Å². The number of benzene rings is 3. The van der Waals surface area contributed by atoms with Gasteiger partial charge in [0.25, 0.3) is 5.91 Å². The first-order valence-electron chi connectivity index (χ1n) is 17.9. The second-order valence-corrected chi connectivity index (χ2v) is 14.2. The molecular weight excluding hydrogens is 720 g/mol. The van der Waals surface area contributed by atoms with Crippen molar-refractivity contribution in [2.24, 2.45) is 0 Å². The van der Waals surface area contributed by atoms with Crippen molar-refractivity contribution in [2.75, 3.05) is 32.1 Å². The smallest absolute Gasteiger partial charge is 0.274 e. The fourth-order valence-electron chi connectivity index (χ4n) is 7.13. The van der Waals surface area contributed by atoms with Gasteiger partial charge in [0.05, 0.1) is 35.1 Å². The van der Waals surface area contributed by atoms with Gasteiger partial charge in [0.2, 0.25) is 11.8 Å². The lowest BCUT2D eigenvalue weighted by molar-refractivity contribution is -0.120. The Hall–Kier alpha value is -6.03. The van der Waals surface area contributed by atoms with Crippen LogP contribution in [0.3, 0.4) is 0 Å². The number of nitrogens with zero attached hydrogens (tertiary/aromatic N) is 4. The monoisotopic (exact) mass is 758 g/mol. The summed E-state index contributed by atoms with van der Waals surface area (Å²) in [6.45, 7) is 6.68. The van der Waals surface area contributed by atoms with Crippen molar-refractivity contribution in [3.05, 3.63) is 99.5 Å². The number of pyridine rings is 1. The molecule has 0 spiro atoms. The first-order valence-corrected chi connectivity index (χ1v) is 18.3. The zero-order chi connectivity index (χ0) is 38.6. The highest BCUT2D eigenvalue weighted by Gasteiger charge is 2.28. The Balaban J connectivity index is 1.07. The van der Waals surface area contributed by atoms with Gasteiger partial charge in [-0.2, -0.15) is 5.26 Å². The van der Waals surface area contributed by atoms with E-state index in [2.05, 4.69) is 37.2 Å².